The molecule has 0 aromatic heterocycles. The van der Waals surface area contributed by atoms with Gasteiger partial charge in [-0.05, 0) is 80.4 Å². The number of hydrogen-bond donors (Lipinski definition) is 2. The maximum Gasteiger partial charge on any atom is 0.338 e. The number of nitro benzene ring substituents is 1. The number of piperidine rings is 1. The highest BCUT2D eigenvalue weighted by molar-refractivity contribution is 7.80. The third-order valence-corrected chi connectivity index (χ3v) is 8.67. The first kappa shape index (κ1) is 33.3. The molecule has 2 heterocycles. The van der Waals surface area contributed by atoms with Crippen LogP contribution < -0.4 is 20.4 Å². The second-order valence-electron chi connectivity index (χ2n) is 11.6. The third-order valence-electron chi connectivity index (χ3n) is 8.47. The molecule has 2 amide bonds. The number of nitrogens with one attached hydrogen (secondary N) is 2. The Morgan fingerprint density at radius 2 is 1.51 bits per heavy atom. The molecular formula is C34H38N6O6S. The number of nitro groups is 1. The number of carbonyl (C=O) groups is 3. The minimum absolute atomic E-state index is 0.0380. The summed E-state index contributed by atoms with van der Waals surface area (Å²) >= 11 is 5.49. The van der Waals surface area contributed by atoms with Crippen molar-refractivity contribution in [3.8, 4) is 0 Å². The molecule has 246 valence electrons. The zero-order chi connectivity index (χ0) is 33.5. The summed E-state index contributed by atoms with van der Waals surface area (Å²) in [6.45, 7) is 7.54. The van der Waals surface area contributed by atoms with Crippen LogP contribution in [0.5, 0.6) is 0 Å². The monoisotopic (exact) mass is 658 g/mol. The number of anilines is 3. The van der Waals surface area contributed by atoms with Gasteiger partial charge in [-0.3, -0.25) is 25.0 Å². The van der Waals surface area contributed by atoms with Crippen LogP contribution in [0.2, 0.25) is 0 Å². The van der Waals surface area contributed by atoms with E-state index in [0.29, 0.717) is 67.7 Å². The van der Waals surface area contributed by atoms with Crippen molar-refractivity contribution in [2.45, 2.75) is 26.7 Å². The summed E-state index contributed by atoms with van der Waals surface area (Å²) in [6, 6.07) is 18.6. The molecule has 0 atom stereocenters. The number of piperazine rings is 1. The summed E-state index contributed by atoms with van der Waals surface area (Å²) in [5.74, 6) is -0.591. The van der Waals surface area contributed by atoms with Gasteiger partial charge in [-0.2, -0.15) is 0 Å². The first-order valence-corrected chi connectivity index (χ1v) is 16.1. The molecule has 2 N–H and O–H groups in total. The Balaban J connectivity index is 1.30. The lowest BCUT2D eigenvalue weighted by molar-refractivity contribution is -0.384. The van der Waals surface area contributed by atoms with Gasteiger partial charge in [0.1, 0.15) is 5.69 Å². The molecule has 2 aliphatic rings. The first-order chi connectivity index (χ1) is 22.6. The highest BCUT2D eigenvalue weighted by Gasteiger charge is 2.27. The van der Waals surface area contributed by atoms with E-state index in [0.717, 1.165) is 18.5 Å². The van der Waals surface area contributed by atoms with Crippen molar-refractivity contribution in [3.63, 3.8) is 0 Å². The molecule has 0 aliphatic carbocycles. The Labute approximate surface area is 278 Å². The van der Waals surface area contributed by atoms with Crippen molar-refractivity contribution in [3.05, 3.63) is 93.5 Å². The number of esters is 1. The normalized spacial score (nSPS) is 15.1. The predicted octanol–water partition coefficient (Wildman–Crippen LogP) is 5.10. The zero-order valence-electron chi connectivity index (χ0n) is 26.4. The number of nitrogens with zero attached hydrogens (tertiary/aromatic N) is 4. The van der Waals surface area contributed by atoms with Gasteiger partial charge in [0.2, 0.25) is 0 Å². The quantitative estimate of drug-likeness (QED) is 0.146. The third kappa shape index (κ3) is 8.04. The van der Waals surface area contributed by atoms with E-state index in [9.17, 15) is 24.5 Å². The van der Waals surface area contributed by atoms with Crippen molar-refractivity contribution in [1.29, 1.82) is 0 Å². The lowest BCUT2D eigenvalue weighted by atomic mass is 9.98. The molecule has 3 aromatic rings. The van der Waals surface area contributed by atoms with Crippen LogP contribution in [-0.2, 0) is 4.74 Å². The van der Waals surface area contributed by atoms with Gasteiger partial charge >= 0.3 is 5.97 Å². The van der Waals surface area contributed by atoms with Crippen LogP contribution in [0.3, 0.4) is 0 Å². The van der Waals surface area contributed by atoms with E-state index in [4.69, 9.17) is 17.0 Å². The Bertz CT molecular complexity index is 1650. The van der Waals surface area contributed by atoms with E-state index < -0.39 is 16.8 Å². The molecule has 5 rings (SSSR count). The molecule has 47 heavy (non-hydrogen) atoms. The molecular weight excluding hydrogens is 620 g/mol. The number of thiocarbonyl (C=S) groups is 1. The average molecular weight is 659 g/mol. The van der Waals surface area contributed by atoms with Crippen molar-refractivity contribution in [1.82, 2.24) is 10.2 Å². The summed E-state index contributed by atoms with van der Waals surface area (Å²) < 4.78 is 5.18. The van der Waals surface area contributed by atoms with Gasteiger partial charge in [0.05, 0.1) is 28.5 Å². The lowest BCUT2D eigenvalue weighted by Crippen LogP contribution is -2.49. The summed E-state index contributed by atoms with van der Waals surface area (Å²) in [7, 11) is 0. The minimum atomic E-state index is -0.611. The standard InChI is InChI=1S/C34H38N6O6S/c1-3-46-33(43)26-10-11-28(38-17-19-39(20-18-38)32(42)24-7-5-4-6-8-24)27(21-26)35-34(47)36-31(41)25-9-12-29(30(22-25)40(44)45)37-15-13-23(2)14-16-37/h4-12,21-23H,3,13-20H2,1-2H3,(H2,35,36,41,47). The Morgan fingerprint density at radius 1 is 0.872 bits per heavy atom. The topological polar surface area (TPSA) is 137 Å². The number of ether oxygens (including phenoxy) is 1. The average Bonchev–Trinajstić information content (AvgIpc) is 3.08. The number of amides is 2. The molecule has 12 nitrogen and oxygen atoms in total. The summed E-state index contributed by atoms with van der Waals surface area (Å²) in [6.07, 6.45) is 1.89. The number of benzene rings is 3. The predicted molar refractivity (Wildman–Crippen MR) is 184 cm³/mol. The largest absolute Gasteiger partial charge is 0.462 e. The zero-order valence-corrected chi connectivity index (χ0v) is 27.3. The van der Waals surface area contributed by atoms with Gasteiger partial charge in [0.25, 0.3) is 17.5 Å². The smallest absolute Gasteiger partial charge is 0.338 e. The Kier molecular flexibility index (Phi) is 10.7. The maximum absolute atomic E-state index is 13.2. The molecule has 2 saturated heterocycles. The molecule has 13 heteroatoms. The number of rotatable bonds is 8. The van der Waals surface area contributed by atoms with Crippen LogP contribution in [0.15, 0.2) is 66.7 Å². The molecule has 0 bridgehead atoms. The molecule has 2 aliphatic heterocycles. The van der Waals surface area contributed by atoms with Gasteiger partial charge in [0.15, 0.2) is 5.11 Å². The first-order valence-electron chi connectivity index (χ1n) is 15.7. The fourth-order valence-electron chi connectivity index (χ4n) is 5.82. The highest BCUT2D eigenvalue weighted by Crippen LogP contribution is 2.33. The van der Waals surface area contributed by atoms with Crippen LogP contribution in [-0.4, -0.2) is 78.6 Å². The molecule has 0 unspecified atom stereocenters. The van der Waals surface area contributed by atoms with Crippen LogP contribution >= 0.6 is 12.2 Å². The van der Waals surface area contributed by atoms with E-state index >= 15 is 0 Å². The van der Waals surface area contributed by atoms with Gasteiger partial charge in [0, 0.05) is 56.5 Å². The second kappa shape index (κ2) is 15.0. The molecule has 0 radical (unpaired) electrons. The van der Waals surface area contributed by atoms with Gasteiger partial charge in [-0.1, -0.05) is 25.1 Å². The molecule has 0 saturated carbocycles. The molecule has 3 aromatic carbocycles. The van der Waals surface area contributed by atoms with Crippen molar-refractivity contribution >= 4 is 57.9 Å². The summed E-state index contributed by atoms with van der Waals surface area (Å²) in [5, 5.41) is 17.6. The second-order valence-corrected chi connectivity index (χ2v) is 12.0. The number of hydrogen-bond acceptors (Lipinski definition) is 9. The van der Waals surface area contributed by atoms with Gasteiger partial charge in [-0.15, -0.1) is 0 Å². The van der Waals surface area contributed by atoms with Crippen LogP contribution in [0.25, 0.3) is 0 Å². The van der Waals surface area contributed by atoms with E-state index in [2.05, 4.69) is 22.5 Å². The Morgan fingerprint density at radius 3 is 2.17 bits per heavy atom. The molecule has 2 fully saturated rings. The van der Waals surface area contributed by atoms with E-state index in [1.165, 1.54) is 6.07 Å². The summed E-state index contributed by atoms with van der Waals surface area (Å²) in [5.41, 5.74) is 2.55. The highest BCUT2D eigenvalue weighted by atomic mass is 32.1. The van der Waals surface area contributed by atoms with Gasteiger partial charge in [-0.25, -0.2) is 4.79 Å². The number of carbonyl (C=O) groups excluding carboxylic acids is 3. The van der Waals surface area contributed by atoms with Gasteiger partial charge < -0.3 is 24.8 Å². The fourth-order valence-corrected chi connectivity index (χ4v) is 6.03. The minimum Gasteiger partial charge on any atom is -0.462 e. The van der Waals surface area contributed by atoms with Crippen molar-refractivity contribution < 1.29 is 24.0 Å². The van der Waals surface area contributed by atoms with Crippen molar-refractivity contribution in [2.75, 3.05) is 61.0 Å². The Hall–Kier alpha value is -5.04. The van der Waals surface area contributed by atoms with E-state index in [1.807, 2.05) is 23.1 Å². The van der Waals surface area contributed by atoms with E-state index in [-0.39, 0.29) is 28.9 Å². The fraction of sp³-hybridized carbons (Fsp3) is 0.353. The maximum atomic E-state index is 13.2. The van der Waals surface area contributed by atoms with Crippen LogP contribution in [0.4, 0.5) is 22.7 Å². The summed E-state index contributed by atoms with van der Waals surface area (Å²) in [4.78, 5) is 56.1. The molecule has 0 spiro atoms. The van der Waals surface area contributed by atoms with E-state index in [1.54, 1.807) is 54.3 Å². The lowest BCUT2D eigenvalue weighted by Gasteiger charge is -2.37. The van der Waals surface area contributed by atoms with Crippen molar-refractivity contribution in [2.24, 2.45) is 5.92 Å². The SMILES string of the molecule is CCOC(=O)c1ccc(N2CCN(C(=O)c3ccccc3)CC2)c(NC(=S)NC(=O)c2ccc(N3CCC(C)CC3)c([N+](=O)[O-])c2)c1. The van der Waals surface area contributed by atoms with Crippen LogP contribution in [0, 0.1) is 16.0 Å². The van der Waals surface area contributed by atoms with Crippen LogP contribution in [0.1, 0.15) is 57.8 Å².